The highest BCUT2D eigenvalue weighted by Crippen LogP contribution is 2.37. The summed E-state index contributed by atoms with van der Waals surface area (Å²) in [5.74, 6) is 1.64. The number of amides is 1. The van der Waals surface area contributed by atoms with Crippen molar-refractivity contribution in [3.05, 3.63) is 0 Å². The number of hydrogen-bond donors (Lipinski definition) is 1. The lowest BCUT2D eigenvalue weighted by molar-refractivity contribution is -0.134. The maximum Gasteiger partial charge on any atom is 0.225 e. The summed E-state index contributed by atoms with van der Waals surface area (Å²) in [6, 6.07) is 0.200. The van der Waals surface area contributed by atoms with E-state index < -0.39 is 0 Å². The number of carbonyl (C=O) groups excluding carboxylic acids is 1. The molecule has 1 aliphatic rings. The number of nitrogens with two attached hydrogens (primary N) is 1. The largest absolute Gasteiger partial charge is 0.345 e. The number of nitrogens with zero attached hydrogens (tertiary/aromatic N) is 1. The van der Waals surface area contributed by atoms with Gasteiger partial charge in [-0.05, 0) is 31.1 Å². The molecule has 1 fully saturated rings. The number of hydrogen-bond acceptors (Lipinski definition) is 2. The third kappa shape index (κ3) is 3.78. The van der Waals surface area contributed by atoms with Gasteiger partial charge < -0.3 is 10.6 Å². The Morgan fingerprint density at radius 1 is 1.38 bits per heavy atom. The van der Waals surface area contributed by atoms with Crippen molar-refractivity contribution in [1.82, 2.24) is 4.90 Å². The molecule has 2 atom stereocenters. The zero-order valence-electron chi connectivity index (χ0n) is 11.1. The summed E-state index contributed by atoms with van der Waals surface area (Å²) in [5.41, 5.74) is 5.98. The molecule has 3 nitrogen and oxygen atoms in total. The van der Waals surface area contributed by atoms with Crippen LogP contribution < -0.4 is 5.73 Å². The first-order valence-electron chi connectivity index (χ1n) is 6.44. The van der Waals surface area contributed by atoms with Crippen LogP contribution in [0.15, 0.2) is 0 Å². The van der Waals surface area contributed by atoms with E-state index in [1.165, 1.54) is 12.8 Å². The summed E-state index contributed by atoms with van der Waals surface area (Å²) in [6.45, 7) is 7.09. The van der Waals surface area contributed by atoms with E-state index in [-0.39, 0.29) is 12.0 Å². The molecule has 0 bridgehead atoms. The highest BCUT2D eigenvalue weighted by molar-refractivity contribution is 5.78. The minimum Gasteiger partial charge on any atom is -0.345 e. The maximum atomic E-state index is 12.0. The lowest BCUT2D eigenvalue weighted by Crippen LogP contribution is -2.37. The Kier molecular flexibility index (Phi) is 4.78. The van der Waals surface area contributed by atoms with Crippen LogP contribution in [-0.4, -0.2) is 30.4 Å². The van der Waals surface area contributed by atoms with Crippen molar-refractivity contribution >= 4 is 5.91 Å². The molecule has 1 amide bonds. The summed E-state index contributed by atoms with van der Waals surface area (Å²) in [4.78, 5) is 13.8. The van der Waals surface area contributed by atoms with Crippen LogP contribution in [0, 0.1) is 17.8 Å². The average molecular weight is 226 g/mol. The van der Waals surface area contributed by atoms with Gasteiger partial charge in [-0.15, -0.1) is 0 Å². The molecule has 1 saturated carbocycles. The molecule has 2 N–H and O–H groups in total. The summed E-state index contributed by atoms with van der Waals surface area (Å²) in [7, 11) is 1.90. The van der Waals surface area contributed by atoms with Gasteiger partial charge in [-0.3, -0.25) is 4.79 Å². The highest BCUT2D eigenvalue weighted by Gasteiger charge is 2.33. The molecule has 3 heteroatoms. The molecule has 0 aromatic rings. The second kappa shape index (κ2) is 5.67. The van der Waals surface area contributed by atoms with Crippen LogP contribution in [0.4, 0.5) is 0 Å². The van der Waals surface area contributed by atoms with Crippen LogP contribution in [0.2, 0.25) is 0 Å². The zero-order valence-corrected chi connectivity index (χ0v) is 11.1. The SMILES string of the molecule is CC(C)C(N)CCN(C)C(=O)C(C)C1CC1. The topological polar surface area (TPSA) is 46.3 Å². The van der Waals surface area contributed by atoms with Crippen LogP contribution >= 0.6 is 0 Å². The van der Waals surface area contributed by atoms with Gasteiger partial charge in [-0.1, -0.05) is 20.8 Å². The molecule has 1 aliphatic carbocycles. The molecule has 0 aliphatic heterocycles. The van der Waals surface area contributed by atoms with Gasteiger partial charge in [-0.25, -0.2) is 0 Å². The van der Waals surface area contributed by atoms with Crippen molar-refractivity contribution in [3.8, 4) is 0 Å². The molecule has 0 saturated heterocycles. The van der Waals surface area contributed by atoms with Gasteiger partial charge in [0.25, 0.3) is 0 Å². The first-order chi connectivity index (χ1) is 7.43. The van der Waals surface area contributed by atoms with Gasteiger partial charge in [0, 0.05) is 25.6 Å². The molecule has 0 aromatic carbocycles. The molecule has 94 valence electrons. The Bertz CT molecular complexity index is 236. The molecule has 0 heterocycles. The van der Waals surface area contributed by atoms with Crippen LogP contribution in [0.3, 0.4) is 0 Å². The molecule has 0 spiro atoms. The van der Waals surface area contributed by atoms with Gasteiger partial charge in [0.1, 0.15) is 0 Å². The van der Waals surface area contributed by atoms with Gasteiger partial charge in [0.2, 0.25) is 5.91 Å². The van der Waals surface area contributed by atoms with Gasteiger partial charge in [-0.2, -0.15) is 0 Å². The minimum absolute atomic E-state index is 0.200. The molecule has 1 rings (SSSR count). The molecule has 16 heavy (non-hydrogen) atoms. The van der Waals surface area contributed by atoms with E-state index in [1.54, 1.807) is 0 Å². The Hall–Kier alpha value is -0.570. The highest BCUT2D eigenvalue weighted by atomic mass is 16.2. The Labute approximate surface area is 99.4 Å². The fourth-order valence-corrected chi connectivity index (χ4v) is 1.93. The van der Waals surface area contributed by atoms with Gasteiger partial charge in [0.15, 0.2) is 0 Å². The van der Waals surface area contributed by atoms with E-state index in [1.807, 2.05) is 11.9 Å². The normalized spacial score (nSPS) is 19.6. The van der Waals surface area contributed by atoms with E-state index in [4.69, 9.17) is 5.73 Å². The van der Waals surface area contributed by atoms with Crippen LogP contribution in [0.5, 0.6) is 0 Å². The maximum absolute atomic E-state index is 12.0. The van der Waals surface area contributed by atoms with Crippen molar-refractivity contribution in [2.75, 3.05) is 13.6 Å². The van der Waals surface area contributed by atoms with Crippen molar-refractivity contribution < 1.29 is 4.79 Å². The molecule has 0 aromatic heterocycles. The van der Waals surface area contributed by atoms with Crippen LogP contribution in [0.25, 0.3) is 0 Å². The molecule has 2 unspecified atom stereocenters. The summed E-state index contributed by atoms with van der Waals surface area (Å²) in [5, 5.41) is 0. The van der Waals surface area contributed by atoms with E-state index in [9.17, 15) is 4.79 Å². The molecule has 0 radical (unpaired) electrons. The van der Waals surface area contributed by atoms with E-state index in [0.717, 1.165) is 13.0 Å². The third-order valence-electron chi connectivity index (χ3n) is 3.75. The first-order valence-corrected chi connectivity index (χ1v) is 6.44. The van der Waals surface area contributed by atoms with Crippen molar-refractivity contribution in [2.45, 2.75) is 46.1 Å². The lowest BCUT2D eigenvalue weighted by Gasteiger charge is -2.24. The first kappa shape index (κ1) is 13.5. The molecular formula is C13H26N2O. The fourth-order valence-electron chi connectivity index (χ4n) is 1.93. The second-order valence-electron chi connectivity index (χ2n) is 5.58. The Morgan fingerprint density at radius 2 is 1.94 bits per heavy atom. The predicted molar refractivity (Wildman–Crippen MR) is 67.0 cm³/mol. The quantitative estimate of drug-likeness (QED) is 0.751. The third-order valence-corrected chi connectivity index (χ3v) is 3.75. The predicted octanol–water partition coefficient (Wildman–Crippen LogP) is 1.86. The van der Waals surface area contributed by atoms with Crippen LogP contribution in [0.1, 0.15) is 40.0 Å². The second-order valence-corrected chi connectivity index (χ2v) is 5.58. The monoisotopic (exact) mass is 226 g/mol. The van der Waals surface area contributed by atoms with E-state index in [2.05, 4.69) is 20.8 Å². The van der Waals surface area contributed by atoms with Gasteiger partial charge in [0.05, 0.1) is 0 Å². The zero-order chi connectivity index (χ0) is 12.3. The fraction of sp³-hybridized carbons (Fsp3) is 0.923. The van der Waals surface area contributed by atoms with Crippen molar-refractivity contribution in [3.63, 3.8) is 0 Å². The van der Waals surface area contributed by atoms with Crippen LogP contribution in [-0.2, 0) is 4.79 Å². The molecular weight excluding hydrogens is 200 g/mol. The van der Waals surface area contributed by atoms with Crippen molar-refractivity contribution in [1.29, 1.82) is 0 Å². The smallest absolute Gasteiger partial charge is 0.225 e. The van der Waals surface area contributed by atoms with Gasteiger partial charge >= 0.3 is 0 Å². The van der Waals surface area contributed by atoms with E-state index >= 15 is 0 Å². The number of rotatable bonds is 6. The summed E-state index contributed by atoms with van der Waals surface area (Å²) in [6.07, 6.45) is 3.36. The van der Waals surface area contributed by atoms with E-state index in [0.29, 0.717) is 17.7 Å². The number of carbonyl (C=O) groups is 1. The minimum atomic E-state index is 0.200. The summed E-state index contributed by atoms with van der Waals surface area (Å²) >= 11 is 0. The summed E-state index contributed by atoms with van der Waals surface area (Å²) < 4.78 is 0. The standard InChI is InChI=1S/C13H26N2O/c1-9(2)12(14)7-8-15(4)13(16)10(3)11-5-6-11/h9-12H,5-8,14H2,1-4H3. The Morgan fingerprint density at radius 3 is 2.38 bits per heavy atom. The average Bonchev–Trinajstić information content (AvgIpc) is 3.06. The van der Waals surface area contributed by atoms with Crippen molar-refractivity contribution in [2.24, 2.45) is 23.5 Å². The Balaban J connectivity index is 2.28. The lowest BCUT2D eigenvalue weighted by atomic mass is 10.0.